The van der Waals surface area contributed by atoms with Crippen LogP contribution in [0.3, 0.4) is 0 Å². The van der Waals surface area contributed by atoms with E-state index in [4.69, 9.17) is 27.9 Å². The third kappa shape index (κ3) is 6.43. The summed E-state index contributed by atoms with van der Waals surface area (Å²) >= 11 is 11.9. The SMILES string of the molecule is CC(C)C(C)(C)CNCC(O)COc1cc(Cl)ccc1Cl. The molecule has 1 rings (SSSR count). The molecule has 0 heterocycles. The van der Waals surface area contributed by atoms with Gasteiger partial charge in [0.05, 0.1) is 5.02 Å². The molecule has 0 radical (unpaired) electrons. The summed E-state index contributed by atoms with van der Waals surface area (Å²) in [5, 5.41) is 14.3. The molecule has 0 aliphatic carbocycles. The van der Waals surface area contributed by atoms with Crippen molar-refractivity contribution in [3.8, 4) is 5.75 Å². The van der Waals surface area contributed by atoms with Crippen LogP contribution in [0.15, 0.2) is 18.2 Å². The number of benzene rings is 1. The second kappa shape index (κ2) is 8.23. The number of rotatable bonds is 8. The molecule has 0 fully saturated rings. The second-order valence-corrected chi connectivity index (χ2v) is 7.16. The van der Waals surface area contributed by atoms with Crippen LogP contribution in [0.25, 0.3) is 0 Å². The summed E-state index contributed by atoms with van der Waals surface area (Å²) in [4.78, 5) is 0. The number of nitrogens with one attached hydrogen (secondary N) is 1. The van der Waals surface area contributed by atoms with E-state index in [1.165, 1.54) is 0 Å². The lowest BCUT2D eigenvalue weighted by molar-refractivity contribution is 0.101. The smallest absolute Gasteiger partial charge is 0.139 e. The van der Waals surface area contributed by atoms with Crippen LogP contribution in [0.5, 0.6) is 5.75 Å². The normalized spacial score (nSPS) is 13.5. The Balaban J connectivity index is 2.34. The minimum atomic E-state index is -0.594. The molecule has 5 heteroatoms. The summed E-state index contributed by atoms with van der Waals surface area (Å²) in [6.07, 6.45) is -0.594. The molecule has 1 atom stereocenters. The monoisotopic (exact) mass is 333 g/mol. The van der Waals surface area contributed by atoms with Gasteiger partial charge < -0.3 is 15.2 Å². The van der Waals surface area contributed by atoms with Crippen molar-refractivity contribution in [1.82, 2.24) is 5.32 Å². The molecule has 1 aromatic carbocycles. The van der Waals surface area contributed by atoms with Crippen LogP contribution in [0.1, 0.15) is 27.7 Å². The van der Waals surface area contributed by atoms with Crippen molar-refractivity contribution in [3.63, 3.8) is 0 Å². The fraction of sp³-hybridized carbons (Fsp3) is 0.625. The lowest BCUT2D eigenvalue weighted by Gasteiger charge is -2.30. The molecule has 0 aromatic heterocycles. The average molecular weight is 334 g/mol. The highest BCUT2D eigenvalue weighted by Gasteiger charge is 2.22. The molecule has 120 valence electrons. The van der Waals surface area contributed by atoms with E-state index in [9.17, 15) is 5.11 Å². The third-order valence-electron chi connectivity index (χ3n) is 3.85. The molecule has 3 nitrogen and oxygen atoms in total. The summed E-state index contributed by atoms with van der Waals surface area (Å²) in [7, 11) is 0. The van der Waals surface area contributed by atoms with Crippen molar-refractivity contribution < 1.29 is 9.84 Å². The first-order valence-corrected chi connectivity index (χ1v) is 7.94. The van der Waals surface area contributed by atoms with Crippen molar-refractivity contribution in [3.05, 3.63) is 28.2 Å². The Hall–Kier alpha value is -0.480. The van der Waals surface area contributed by atoms with Gasteiger partial charge in [-0.05, 0) is 23.5 Å². The molecule has 0 saturated heterocycles. The summed E-state index contributed by atoms with van der Waals surface area (Å²) in [6.45, 7) is 10.3. The molecule has 0 aliphatic rings. The Kier molecular flexibility index (Phi) is 7.28. The summed E-state index contributed by atoms with van der Waals surface area (Å²) in [5.41, 5.74) is 0.191. The van der Waals surface area contributed by atoms with E-state index in [0.717, 1.165) is 6.54 Å². The maximum atomic E-state index is 9.94. The van der Waals surface area contributed by atoms with Crippen LogP contribution in [0.2, 0.25) is 10.0 Å². The van der Waals surface area contributed by atoms with E-state index in [-0.39, 0.29) is 12.0 Å². The Morgan fingerprint density at radius 2 is 1.95 bits per heavy atom. The quantitative estimate of drug-likeness (QED) is 0.755. The van der Waals surface area contributed by atoms with Gasteiger partial charge in [0, 0.05) is 24.2 Å². The van der Waals surface area contributed by atoms with Crippen LogP contribution < -0.4 is 10.1 Å². The zero-order chi connectivity index (χ0) is 16.0. The molecule has 2 N–H and O–H groups in total. The molecular weight excluding hydrogens is 309 g/mol. The average Bonchev–Trinajstić information content (AvgIpc) is 2.39. The third-order valence-corrected chi connectivity index (χ3v) is 4.40. The largest absolute Gasteiger partial charge is 0.489 e. The zero-order valence-electron chi connectivity index (χ0n) is 13.1. The summed E-state index contributed by atoms with van der Waals surface area (Å²) < 4.78 is 5.50. The van der Waals surface area contributed by atoms with Crippen LogP contribution >= 0.6 is 23.2 Å². The Bertz CT molecular complexity index is 450. The topological polar surface area (TPSA) is 41.5 Å². The maximum Gasteiger partial charge on any atom is 0.139 e. The van der Waals surface area contributed by atoms with Crippen LogP contribution in [0, 0.1) is 11.3 Å². The van der Waals surface area contributed by atoms with Crippen molar-refractivity contribution in [2.45, 2.75) is 33.8 Å². The molecule has 0 spiro atoms. The fourth-order valence-electron chi connectivity index (χ4n) is 1.60. The van der Waals surface area contributed by atoms with Crippen molar-refractivity contribution in [2.24, 2.45) is 11.3 Å². The number of aliphatic hydroxyl groups excluding tert-OH is 1. The van der Waals surface area contributed by atoms with Crippen LogP contribution in [-0.4, -0.2) is 30.9 Å². The summed E-state index contributed by atoms with van der Waals surface area (Å²) in [6, 6.07) is 5.02. The van der Waals surface area contributed by atoms with Crippen molar-refractivity contribution in [2.75, 3.05) is 19.7 Å². The van der Waals surface area contributed by atoms with E-state index < -0.39 is 6.10 Å². The van der Waals surface area contributed by atoms with Gasteiger partial charge in [-0.1, -0.05) is 50.9 Å². The highest BCUT2D eigenvalue weighted by atomic mass is 35.5. The zero-order valence-corrected chi connectivity index (χ0v) is 14.6. The highest BCUT2D eigenvalue weighted by Crippen LogP contribution is 2.27. The van der Waals surface area contributed by atoms with Gasteiger partial charge in [-0.3, -0.25) is 0 Å². The lowest BCUT2D eigenvalue weighted by Crippen LogP contribution is -2.39. The van der Waals surface area contributed by atoms with Gasteiger partial charge in [-0.2, -0.15) is 0 Å². The molecule has 0 saturated carbocycles. The number of hydrogen-bond acceptors (Lipinski definition) is 3. The fourth-order valence-corrected chi connectivity index (χ4v) is 1.93. The summed E-state index contributed by atoms with van der Waals surface area (Å²) in [5.74, 6) is 1.06. The predicted molar refractivity (Wildman–Crippen MR) is 89.5 cm³/mol. The molecule has 0 bridgehead atoms. The van der Waals surface area contributed by atoms with E-state index in [1.54, 1.807) is 18.2 Å². The van der Waals surface area contributed by atoms with Gasteiger partial charge in [-0.25, -0.2) is 0 Å². The molecule has 0 amide bonds. The molecule has 1 aromatic rings. The number of aliphatic hydroxyl groups is 1. The van der Waals surface area contributed by atoms with Crippen molar-refractivity contribution >= 4 is 23.2 Å². The van der Waals surface area contributed by atoms with Crippen molar-refractivity contribution in [1.29, 1.82) is 0 Å². The molecule has 21 heavy (non-hydrogen) atoms. The van der Waals surface area contributed by atoms with E-state index in [2.05, 4.69) is 33.0 Å². The van der Waals surface area contributed by atoms with Gasteiger partial charge in [0.1, 0.15) is 18.5 Å². The van der Waals surface area contributed by atoms with E-state index >= 15 is 0 Å². The lowest BCUT2D eigenvalue weighted by atomic mass is 9.81. The number of ether oxygens (including phenoxy) is 1. The minimum absolute atomic E-state index is 0.176. The van der Waals surface area contributed by atoms with E-state index in [1.807, 2.05) is 0 Å². The second-order valence-electron chi connectivity index (χ2n) is 6.31. The predicted octanol–water partition coefficient (Wildman–Crippen LogP) is 4.00. The molecule has 0 aliphatic heterocycles. The maximum absolute atomic E-state index is 9.94. The first-order chi connectivity index (χ1) is 9.72. The highest BCUT2D eigenvalue weighted by molar-refractivity contribution is 6.34. The Labute approximate surface area is 137 Å². The number of hydrogen-bond donors (Lipinski definition) is 2. The van der Waals surface area contributed by atoms with Crippen LogP contribution in [-0.2, 0) is 0 Å². The first-order valence-electron chi connectivity index (χ1n) is 7.19. The van der Waals surface area contributed by atoms with Gasteiger partial charge in [0.15, 0.2) is 0 Å². The molecule has 1 unspecified atom stereocenters. The Morgan fingerprint density at radius 3 is 2.57 bits per heavy atom. The number of halogens is 2. The van der Waals surface area contributed by atoms with Gasteiger partial charge in [0.2, 0.25) is 0 Å². The van der Waals surface area contributed by atoms with Gasteiger partial charge >= 0.3 is 0 Å². The Morgan fingerprint density at radius 1 is 1.29 bits per heavy atom. The molecular formula is C16H25Cl2NO2. The first kappa shape index (κ1) is 18.6. The van der Waals surface area contributed by atoms with E-state index in [0.29, 0.717) is 28.3 Å². The van der Waals surface area contributed by atoms with Gasteiger partial charge in [0.25, 0.3) is 0 Å². The van der Waals surface area contributed by atoms with Crippen LogP contribution in [0.4, 0.5) is 0 Å². The minimum Gasteiger partial charge on any atom is -0.489 e. The van der Waals surface area contributed by atoms with Gasteiger partial charge in [-0.15, -0.1) is 0 Å². The standard InChI is InChI=1S/C16H25Cl2NO2/c1-11(2)16(3,4)10-19-8-13(20)9-21-15-7-12(17)5-6-14(15)18/h5-7,11,13,19-20H,8-10H2,1-4H3.